The second kappa shape index (κ2) is 3.90. The molecule has 1 saturated heterocycles. The van der Waals surface area contributed by atoms with Crippen LogP contribution in [-0.4, -0.2) is 35.2 Å². The lowest BCUT2D eigenvalue weighted by Crippen LogP contribution is -2.31. The van der Waals surface area contributed by atoms with Crippen molar-refractivity contribution in [2.24, 2.45) is 5.73 Å². The van der Waals surface area contributed by atoms with Crippen molar-refractivity contribution >= 4 is 6.09 Å². The van der Waals surface area contributed by atoms with Crippen LogP contribution >= 0.6 is 0 Å². The molecule has 0 aromatic heterocycles. The van der Waals surface area contributed by atoms with Gasteiger partial charge in [0.05, 0.1) is 0 Å². The molecule has 4 nitrogen and oxygen atoms in total. The largest absolute Gasteiger partial charge is 0.465 e. The molecule has 2 unspecified atom stereocenters. The summed E-state index contributed by atoms with van der Waals surface area (Å²) in [5.74, 6) is 0.127. The number of likely N-dealkylation sites (tertiary alicyclic amines) is 1. The van der Waals surface area contributed by atoms with Gasteiger partial charge in [0.15, 0.2) is 0 Å². The first kappa shape index (κ1) is 9.98. The number of hydrogen-bond donors (Lipinski definition) is 2. The number of amides is 1. The van der Waals surface area contributed by atoms with E-state index in [4.69, 9.17) is 10.8 Å². The van der Waals surface area contributed by atoms with Gasteiger partial charge in [-0.3, -0.25) is 0 Å². The number of carboxylic acid groups (broad SMARTS) is 1. The van der Waals surface area contributed by atoms with Crippen LogP contribution in [0.15, 0.2) is 30.3 Å². The quantitative estimate of drug-likeness (QED) is 0.722. The molecule has 1 heterocycles. The first-order valence-electron chi connectivity index (χ1n) is 4.97. The van der Waals surface area contributed by atoms with Crippen LogP contribution in [0.1, 0.15) is 11.5 Å². The van der Waals surface area contributed by atoms with Crippen LogP contribution in [-0.2, 0) is 0 Å². The highest BCUT2D eigenvalue weighted by Crippen LogP contribution is 2.25. The van der Waals surface area contributed by atoms with Crippen LogP contribution in [0.4, 0.5) is 4.79 Å². The summed E-state index contributed by atoms with van der Waals surface area (Å²) in [4.78, 5) is 12.2. The molecule has 0 radical (unpaired) electrons. The lowest BCUT2D eigenvalue weighted by atomic mass is 9.95. The van der Waals surface area contributed by atoms with Gasteiger partial charge in [0.1, 0.15) is 0 Å². The summed E-state index contributed by atoms with van der Waals surface area (Å²) in [5.41, 5.74) is 7.05. The Labute approximate surface area is 88.3 Å². The molecule has 1 amide bonds. The van der Waals surface area contributed by atoms with Gasteiger partial charge in [-0.2, -0.15) is 0 Å². The van der Waals surface area contributed by atoms with Crippen molar-refractivity contribution in [3.8, 4) is 0 Å². The molecule has 0 bridgehead atoms. The molecule has 0 saturated carbocycles. The van der Waals surface area contributed by atoms with Gasteiger partial charge in [-0.15, -0.1) is 0 Å². The zero-order chi connectivity index (χ0) is 10.8. The van der Waals surface area contributed by atoms with E-state index in [1.807, 2.05) is 30.3 Å². The molecule has 4 heteroatoms. The lowest BCUT2D eigenvalue weighted by Gasteiger charge is -2.13. The molecule has 80 valence electrons. The zero-order valence-electron chi connectivity index (χ0n) is 8.34. The molecule has 3 N–H and O–H groups in total. The molecule has 0 aliphatic carbocycles. The first-order chi connectivity index (χ1) is 7.18. The van der Waals surface area contributed by atoms with Crippen molar-refractivity contribution < 1.29 is 9.90 Å². The van der Waals surface area contributed by atoms with E-state index in [2.05, 4.69) is 0 Å². The fraction of sp³-hybridized carbons (Fsp3) is 0.364. The Morgan fingerprint density at radius 2 is 2.00 bits per heavy atom. The summed E-state index contributed by atoms with van der Waals surface area (Å²) in [6.45, 7) is 0.926. The monoisotopic (exact) mass is 206 g/mol. The molecular weight excluding hydrogens is 192 g/mol. The van der Waals surface area contributed by atoms with Gasteiger partial charge < -0.3 is 15.7 Å². The average molecular weight is 206 g/mol. The predicted molar refractivity (Wildman–Crippen MR) is 56.8 cm³/mol. The van der Waals surface area contributed by atoms with E-state index in [9.17, 15) is 4.79 Å². The van der Waals surface area contributed by atoms with E-state index >= 15 is 0 Å². The van der Waals surface area contributed by atoms with Crippen LogP contribution in [0.2, 0.25) is 0 Å². The minimum atomic E-state index is -0.885. The van der Waals surface area contributed by atoms with Crippen molar-refractivity contribution in [3.63, 3.8) is 0 Å². The maximum Gasteiger partial charge on any atom is 0.407 e. The fourth-order valence-corrected chi connectivity index (χ4v) is 2.04. The predicted octanol–water partition coefficient (Wildman–Crippen LogP) is 1.09. The fourth-order valence-electron chi connectivity index (χ4n) is 2.04. The summed E-state index contributed by atoms with van der Waals surface area (Å²) in [6.07, 6.45) is -0.885. The van der Waals surface area contributed by atoms with Gasteiger partial charge in [-0.1, -0.05) is 30.3 Å². The Morgan fingerprint density at radius 3 is 2.53 bits per heavy atom. The van der Waals surface area contributed by atoms with E-state index in [1.54, 1.807) is 0 Å². The van der Waals surface area contributed by atoms with Gasteiger partial charge >= 0.3 is 6.09 Å². The van der Waals surface area contributed by atoms with Crippen LogP contribution in [0.3, 0.4) is 0 Å². The maximum atomic E-state index is 10.8. The lowest BCUT2D eigenvalue weighted by molar-refractivity contribution is 0.154. The van der Waals surface area contributed by atoms with Gasteiger partial charge in [-0.25, -0.2) is 4.79 Å². The highest BCUT2D eigenvalue weighted by atomic mass is 16.4. The highest BCUT2D eigenvalue weighted by molar-refractivity contribution is 5.65. The smallest absolute Gasteiger partial charge is 0.407 e. The molecule has 1 aromatic rings. The van der Waals surface area contributed by atoms with Crippen molar-refractivity contribution in [1.82, 2.24) is 4.90 Å². The minimum absolute atomic E-state index is 0.0940. The molecule has 0 spiro atoms. The summed E-state index contributed by atoms with van der Waals surface area (Å²) < 4.78 is 0. The van der Waals surface area contributed by atoms with E-state index < -0.39 is 6.09 Å². The average Bonchev–Trinajstić information content (AvgIpc) is 2.62. The van der Waals surface area contributed by atoms with Gasteiger partial charge in [0.25, 0.3) is 0 Å². The standard InChI is InChI=1S/C11H14N2O2/c12-10-7-13(11(14)15)6-9(10)8-4-2-1-3-5-8/h1-5,9-10H,6-7,12H2,(H,14,15). The SMILES string of the molecule is NC1CN(C(=O)O)CC1c1ccccc1. The van der Waals surface area contributed by atoms with E-state index in [0.717, 1.165) is 5.56 Å². The Hall–Kier alpha value is -1.55. The maximum absolute atomic E-state index is 10.8. The van der Waals surface area contributed by atoms with E-state index in [0.29, 0.717) is 13.1 Å². The molecule has 1 aliphatic heterocycles. The number of hydrogen-bond acceptors (Lipinski definition) is 2. The van der Waals surface area contributed by atoms with E-state index in [-0.39, 0.29) is 12.0 Å². The number of carbonyl (C=O) groups is 1. The highest BCUT2D eigenvalue weighted by Gasteiger charge is 2.33. The minimum Gasteiger partial charge on any atom is -0.465 e. The Kier molecular flexibility index (Phi) is 2.60. The molecule has 1 fully saturated rings. The normalized spacial score (nSPS) is 25.5. The Morgan fingerprint density at radius 1 is 1.33 bits per heavy atom. The van der Waals surface area contributed by atoms with Gasteiger partial charge in [0.2, 0.25) is 0 Å². The first-order valence-corrected chi connectivity index (χ1v) is 4.97. The number of nitrogens with zero attached hydrogens (tertiary/aromatic N) is 1. The zero-order valence-corrected chi connectivity index (χ0v) is 8.34. The molecule has 2 atom stereocenters. The third-order valence-corrected chi connectivity index (χ3v) is 2.86. The molecule has 1 aliphatic rings. The van der Waals surface area contributed by atoms with Crippen molar-refractivity contribution in [3.05, 3.63) is 35.9 Å². The third kappa shape index (κ3) is 1.94. The Bertz CT molecular complexity index is 353. The van der Waals surface area contributed by atoms with Crippen LogP contribution < -0.4 is 5.73 Å². The second-order valence-corrected chi connectivity index (χ2v) is 3.87. The van der Waals surface area contributed by atoms with Crippen LogP contribution in [0.25, 0.3) is 0 Å². The molecule has 2 rings (SSSR count). The summed E-state index contributed by atoms with van der Waals surface area (Å²) in [6, 6.07) is 9.74. The van der Waals surface area contributed by atoms with Gasteiger partial charge in [0, 0.05) is 25.0 Å². The van der Waals surface area contributed by atoms with Crippen molar-refractivity contribution in [1.29, 1.82) is 0 Å². The second-order valence-electron chi connectivity index (χ2n) is 3.87. The topological polar surface area (TPSA) is 66.6 Å². The van der Waals surface area contributed by atoms with E-state index in [1.165, 1.54) is 4.90 Å². The Balaban J connectivity index is 2.15. The van der Waals surface area contributed by atoms with Crippen LogP contribution in [0.5, 0.6) is 0 Å². The van der Waals surface area contributed by atoms with Gasteiger partial charge in [-0.05, 0) is 5.56 Å². The number of nitrogens with two attached hydrogens (primary N) is 1. The van der Waals surface area contributed by atoms with Crippen molar-refractivity contribution in [2.45, 2.75) is 12.0 Å². The molecular formula is C11H14N2O2. The van der Waals surface area contributed by atoms with Crippen LogP contribution in [0, 0.1) is 0 Å². The molecule has 15 heavy (non-hydrogen) atoms. The number of rotatable bonds is 1. The number of benzene rings is 1. The third-order valence-electron chi connectivity index (χ3n) is 2.86. The summed E-state index contributed by atoms with van der Waals surface area (Å²) in [7, 11) is 0. The molecule has 1 aromatic carbocycles. The van der Waals surface area contributed by atoms with Crippen molar-refractivity contribution in [2.75, 3.05) is 13.1 Å². The summed E-state index contributed by atoms with van der Waals surface area (Å²) in [5, 5.41) is 8.87. The summed E-state index contributed by atoms with van der Waals surface area (Å²) >= 11 is 0.